The first-order valence-corrected chi connectivity index (χ1v) is 10.4. The van der Waals surface area contributed by atoms with Crippen molar-refractivity contribution in [2.24, 2.45) is 0 Å². The van der Waals surface area contributed by atoms with Crippen molar-refractivity contribution in [1.29, 1.82) is 0 Å². The summed E-state index contributed by atoms with van der Waals surface area (Å²) < 4.78 is 90.2. The monoisotopic (exact) mass is 506 g/mol. The van der Waals surface area contributed by atoms with Gasteiger partial charge in [-0.25, -0.2) is 4.85 Å². The molecule has 0 bridgehead atoms. The molecule has 0 radical (unpaired) electrons. The number of hydrogen-bond acceptors (Lipinski definition) is 3. The molecule has 186 valence electrons. The minimum Gasteiger partial charge on any atom is -0.489 e. The van der Waals surface area contributed by atoms with Crippen LogP contribution in [0, 0.1) is 6.57 Å². The lowest BCUT2D eigenvalue weighted by molar-refractivity contribution is -0.143. The van der Waals surface area contributed by atoms with Gasteiger partial charge in [-0.3, -0.25) is 4.79 Å². The summed E-state index contributed by atoms with van der Waals surface area (Å²) >= 11 is 0. The van der Waals surface area contributed by atoms with Crippen molar-refractivity contribution in [1.82, 2.24) is 0 Å². The molecule has 0 fully saturated rings. The highest BCUT2D eigenvalue weighted by molar-refractivity contribution is 5.96. The van der Waals surface area contributed by atoms with E-state index in [-0.39, 0.29) is 25.0 Å². The first-order chi connectivity index (χ1) is 16.9. The lowest BCUT2D eigenvalue weighted by atomic mass is 10.0. The molecule has 1 heterocycles. The van der Waals surface area contributed by atoms with E-state index in [2.05, 4.69) is 4.85 Å². The maximum atomic E-state index is 13.2. The van der Waals surface area contributed by atoms with Gasteiger partial charge in [0.25, 0.3) is 0 Å². The summed E-state index contributed by atoms with van der Waals surface area (Å²) in [5.41, 5.74) is -2.61. The number of fused-ring (bicyclic) bond motifs is 1. The third-order valence-corrected chi connectivity index (χ3v) is 5.30. The van der Waals surface area contributed by atoms with Crippen LogP contribution in [0.15, 0.2) is 60.7 Å². The zero-order valence-corrected chi connectivity index (χ0v) is 18.3. The number of hydrogen-bond donors (Lipinski definition) is 0. The van der Waals surface area contributed by atoms with Crippen LogP contribution < -0.4 is 14.4 Å². The molecular formula is C25H16F6N2O3. The van der Waals surface area contributed by atoms with Crippen molar-refractivity contribution in [3.05, 3.63) is 88.8 Å². The van der Waals surface area contributed by atoms with Crippen LogP contribution in [0.4, 0.5) is 37.7 Å². The van der Waals surface area contributed by atoms with Gasteiger partial charge in [0.15, 0.2) is 5.69 Å². The molecule has 0 aromatic heterocycles. The average Bonchev–Trinajstić information content (AvgIpc) is 2.82. The molecule has 11 heteroatoms. The Labute approximate surface area is 201 Å². The summed E-state index contributed by atoms with van der Waals surface area (Å²) in [6.45, 7) is 7.11. The average molecular weight is 506 g/mol. The second kappa shape index (κ2) is 9.45. The van der Waals surface area contributed by atoms with Gasteiger partial charge < -0.3 is 14.4 Å². The number of anilines is 1. The molecule has 0 unspecified atom stereocenters. The minimum atomic E-state index is -5.00. The van der Waals surface area contributed by atoms with Crippen molar-refractivity contribution in [3.63, 3.8) is 0 Å². The second-order valence-electron chi connectivity index (χ2n) is 7.82. The van der Waals surface area contributed by atoms with Crippen LogP contribution in [0.5, 0.6) is 17.2 Å². The lowest BCUT2D eigenvalue weighted by Crippen LogP contribution is -2.38. The van der Waals surface area contributed by atoms with Crippen LogP contribution in [0.25, 0.3) is 4.85 Å². The topological polar surface area (TPSA) is 43.1 Å². The molecule has 3 aromatic rings. The molecule has 0 saturated heterocycles. The molecule has 0 spiro atoms. The number of alkyl halides is 6. The Balaban J connectivity index is 1.56. The fourth-order valence-electron chi connectivity index (χ4n) is 3.64. The van der Waals surface area contributed by atoms with Crippen molar-refractivity contribution in [2.75, 3.05) is 18.1 Å². The van der Waals surface area contributed by atoms with Gasteiger partial charge in [0.1, 0.15) is 23.9 Å². The number of benzene rings is 3. The Morgan fingerprint density at radius 1 is 0.917 bits per heavy atom. The second-order valence-corrected chi connectivity index (χ2v) is 7.82. The number of nitrogens with zero attached hydrogens (tertiary/aromatic N) is 2. The van der Waals surface area contributed by atoms with Gasteiger partial charge in [-0.1, -0.05) is 12.1 Å². The highest BCUT2D eigenvalue weighted by Gasteiger charge is 2.37. The Hall–Kier alpha value is -4.20. The molecule has 0 N–H and O–H groups in total. The summed E-state index contributed by atoms with van der Waals surface area (Å²) in [4.78, 5) is 17.5. The van der Waals surface area contributed by atoms with Crippen molar-refractivity contribution in [3.8, 4) is 17.2 Å². The SMILES string of the molecule is [C-]#[N+]c1ccc(Oc2ccc3c(c2)OCCN3C(=O)Cc2cc(C(F)(F)F)cc(C(F)(F)F)c2)cc1. The van der Waals surface area contributed by atoms with Gasteiger partial charge in [0.05, 0.1) is 36.4 Å². The predicted molar refractivity (Wildman–Crippen MR) is 117 cm³/mol. The van der Waals surface area contributed by atoms with Crippen LogP contribution in [0.3, 0.4) is 0 Å². The molecule has 0 saturated carbocycles. The smallest absolute Gasteiger partial charge is 0.416 e. The van der Waals surface area contributed by atoms with Gasteiger partial charge in [0.2, 0.25) is 5.91 Å². The summed E-state index contributed by atoms with van der Waals surface area (Å²) in [5.74, 6) is 0.405. The Morgan fingerprint density at radius 3 is 2.11 bits per heavy atom. The van der Waals surface area contributed by atoms with Crippen molar-refractivity contribution in [2.45, 2.75) is 18.8 Å². The first kappa shape index (κ1) is 24.9. The van der Waals surface area contributed by atoms with Crippen molar-refractivity contribution < 1.29 is 40.6 Å². The van der Waals surface area contributed by atoms with E-state index in [1.807, 2.05) is 0 Å². The number of halogens is 6. The minimum absolute atomic E-state index is 0.0226. The summed E-state index contributed by atoms with van der Waals surface area (Å²) in [6, 6.07) is 12.1. The lowest BCUT2D eigenvalue weighted by Gasteiger charge is -2.30. The largest absolute Gasteiger partial charge is 0.489 e. The number of ether oxygens (including phenoxy) is 2. The number of carbonyl (C=O) groups is 1. The van der Waals surface area contributed by atoms with Crippen LogP contribution >= 0.6 is 0 Å². The molecule has 0 aliphatic carbocycles. The molecule has 36 heavy (non-hydrogen) atoms. The van der Waals surface area contributed by atoms with Crippen LogP contribution in [-0.4, -0.2) is 19.1 Å². The molecular weight excluding hydrogens is 490 g/mol. The predicted octanol–water partition coefficient (Wildman–Crippen LogP) is 7.04. The third kappa shape index (κ3) is 5.54. The van der Waals surface area contributed by atoms with E-state index >= 15 is 0 Å². The highest BCUT2D eigenvalue weighted by Crippen LogP contribution is 2.39. The summed E-state index contributed by atoms with van der Waals surface area (Å²) in [5, 5.41) is 0. The Morgan fingerprint density at radius 2 is 1.53 bits per heavy atom. The third-order valence-electron chi connectivity index (χ3n) is 5.30. The van der Waals surface area contributed by atoms with E-state index < -0.39 is 41.4 Å². The zero-order valence-electron chi connectivity index (χ0n) is 18.3. The number of carbonyl (C=O) groups excluding carboxylic acids is 1. The number of amides is 1. The summed E-state index contributed by atoms with van der Waals surface area (Å²) in [7, 11) is 0. The first-order valence-electron chi connectivity index (χ1n) is 10.4. The van der Waals surface area contributed by atoms with Gasteiger partial charge in [-0.05, 0) is 48.0 Å². The molecule has 0 atom stereocenters. The van der Waals surface area contributed by atoms with E-state index in [1.54, 1.807) is 30.3 Å². The maximum Gasteiger partial charge on any atom is 0.416 e. The van der Waals surface area contributed by atoms with Crippen molar-refractivity contribution >= 4 is 17.3 Å². The van der Waals surface area contributed by atoms with Gasteiger partial charge in [-0.15, -0.1) is 0 Å². The van der Waals surface area contributed by atoms with E-state index in [4.69, 9.17) is 16.0 Å². The molecule has 1 aliphatic rings. The standard InChI is InChI=1S/C25H16F6N2O3/c1-32-18-2-4-19(5-3-18)36-20-6-7-21-22(14-20)35-9-8-33(21)23(34)12-15-10-16(24(26,27)28)13-17(11-15)25(29,30)31/h2-7,10-11,13-14H,8-9,12H2. The van der Waals surface area contributed by atoms with Gasteiger partial charge in [0, 0.05) is 6.07 Å². The quantitative estimate of drug-likeness (QED) is 0.282. The van der Waals surface area contributed by atoms with Gasteiger partial charge >= 0.3 is 12.4 Å². The van der Waals surface area contributed by atoms with Crippen LogP contribution in [0.2, 0.25) is 0 Å². The number of rotatable bonds is 4. The van der Waals surface area contributed by atoms with Crippen LogP contribution in [-0.2, 0) is 23.6 Å². The van der Waals surface area contributed by atoms with E-state index in [1.165, 1.54) is 17.0 Å². The van der Waals surface area contributed by atoms with E-state index in [0.29, 0.717) is 35.0 Å². The molecule has 4 rings (SSSR count). The Kier molecular flexibility index (Phi) is 6.54. The van der Waals surface area contributed by atoms with Gasteiger partial charge in [-0.2, -0.15) is 26.3 Å². The molecule has 1 amide bonds. The molecule has 5 nitrogen and oxygen atoms in total. The summed E-state index contributed by atoms with van der Waals surface area (Å²) in [6.07, 6.45) is -10.7. The fraction of sp³-hybridized carbons (Fsp3) is 0.200. The Bertz CT molecular complexity index is 1300. The normalized spacial score (nSPS) is 13.4. The van der Waals surface area contributed by atoms with E-state index in [9.17, 15) is 31.1 Å². The fourth-order valence-corrected chi connectivity index (χ4v) is 3.64. The van der Waals surface area contributed by atoms with E-state index in [0.717, 1.165) is 0 Å². The van der Waals surface area contributed by atoms with Crippen LogP contribution in [0.1, 0.15) is 16.7 Å². The highest BCUT2D eigenvalue weighted by atomic mass is 19.4. The zero-order chi connectivity index (χ0) is 26.1. The molecule has 3 aromatic carbocycles. The molecule has 1 aliphatic heterocycles. The maximum absolute atomic E-state index is 13.2.